The molecule has 118 valence electrons. The second-order valence-electron chi connectivity index (χ2n) is 6.29. The molecule has 24 heavy (non-hydrogen) atoms. The smallest absolute Gasteiger partial charge is 0.328 e. The van der Waals surface area contributed by atoms with Gasteiger partial charge in [-0.2, -0.15) is 0 Å². The molecule has 0 fully saturated rings. The lowest BCUT2D eigenvalue weighted by Crippen LogP contribution is -2.13. The SMILES string of the molecule is O=C(O)/C=C1/c2ccccc2CC[C@@H]1c1ccc2ccccc2c1. The van der Waals surface area contributed by atoms with Crippen LogP contribution in [-0.4, -0.2) is 11.1 Å². The topological polar surface area (TPSA) is 37.3 Å². The van der Waals surface area contributed by atoms with Crippen molar-refractivity contribution in [1.29, 1.82) is 0 Å². The van der Waals surface area contributed by atoms with Crippen LogP contribution in [0.1, 0.15) is 29.0 Å². The van der Waals surface area contributed by atoms with Crippen LogP contribution in [0.5, 0.6) is 0 Å². The van der Waals surface area contributed by atoms with Gasteiger partial charge in [-0.05, 0) is 45.9 Å². The van der Waals surface area contributed by atoms with Crippen molar-refractivity contribution in [3.05, 3.63) is 89.5 Å². The highest BCUT2D eigenvalue weighted by Crippen LogP contribution is 2.42. The maximum atomic E-state index is 11.4. The number of carbonyl (C=O) groups is 1. The average Bonchev–Trinajstić information content (AvgIpc) is 2.61. The quantitative estimate of drug-likeness (QED) is 0.673. The lowest BCUT2D eigenvalue weighted by Gasteiger charge is -2.28. The van der Waals surface area contributed by atoms with Crippen molar-refractivity contribution >= 4 is 22.3 Å². The fourth-order valence-electron chi connectivity index (χ4n) is 3.75. The zero-order valence-electron chi connectivity index (χ0n) is 13.3. The molecule has 0 saturated heterocycles. The lowest BCUT2D eigenvalue weighted by atomic mass is 9.75. The summed E-state index contributed by atoms with van der Waals surface area (Å²) < 4.78 is 0. The van der Waals surface area contributed by atoms with E-state index in [-0.39, 0.29) is 5.92 Å². The molecule has 0 radical (unpaired) electrons. The van der Waals surface area contributed by atoms with Gasteiger partial charge in [0, 0.05) is 12.0 Å². The summed E-state index contributed by atoms with van der Waals surface area (Å²) in [6.45, 7) is 0. The minimum atomic E-state index is -0.882. The third-order valence-corrected chi connectivity index (χ3v) is 4.86. The molecule has 2 heteroatoms. The van der Waals surface area contributed by atoms with Crippen LogP contribution in [0.4, 0.5) is 0 Å². The predicted molar refractivity (Wildman–Crippen MR) is 97.1 cm³/mol. The maximum absolute atomic E-state index is 11.4. The summed E-state index contributed by atoms with van der Waals surface area (Å²) in [7, 11) is 0. The van der Waals surface area contributed by atoms with Crippen LogP contribution in [0.25, 0.3) is 16.3 Å². The summed E-state index contributed by atoms with van der Waals surface area (Å²) in [6.07, 6.45) is 3.30. The molecule has 0 aromatic heterocycles. The Morgan fingerprint density at radius 1 is 0.958 bits per heavy atom. The number of allylic oxidation sites excluding steroid dienone is 1. The first-order valence-electron chi connectivity index (χ1n) is 8.24. The largest absolute Gasteiger partial charge is 0.478 e. The number of carboxylic acid groups (broad SMARTS) is 1. The number of benzene rings is 3. The fraction of sp³-hybridized carbons (Fsp3) is 0.136. The van der Waals surface area contributed by atoms with E-state index in [1.54, 1.807) is 0 Å². The summed E-state index contributed by atoms with van der Waals surface area (Å²) in [4.78, 5) is 11.4. The van der Waals surface area contributed by atoms with Gasteiger partial charge in [0.15, 0.2) is 0 Å². The van der Waals surface area contributed by atoms with Crippen LogP contribution in [0.15, 0.2) is 72.8 Å². The van der Waals surface area contributed by atoms with Gasteiger partial charge in [-0.3, -0.25) is 0 Å². The van der Waals surface area contributed by atoms with Gasteiger partial charge in [-0.1, -0.05) is 66.7 Å². The Balaban J connectivity index is 1.85. The maximum Gasteiger partial charge on any atom is 0.328 e. The molecule has 3 aromatic carbocycles. The van der Waals surface area contributed by atoms with Crippen molar-refractivity contribution < 1.29 is 9.90 Å². The van der Waals surface area contributed by atoms with E-state index in [2.05, 4.69) is 36.4 Å². The van der Waals surface area contributed by atoms with Gasteiger partial charge in [0.2, 0.25) is 0 Å². The molecule has 1 atom stereocenters. The lowest BCUT2D eigenvalue weighted by molar-refractivity contribution is -0.131. The molecule has 0 bridgehead atoms. The second-order valence-corrected chi connectivity index (χ2v) is 6.29. The third-order valence-electron chi connectivity index (χ3n) is 4.86. The summed E-state index contributed by atoms with van der Waals surface area (Å²) in [5.41, 5.74) is 4.42. The summed E-state index contributed by atoms with van der Waals surface area (Å²) >= 11 is 0. The van der Waals surface area contributed by atoms with E-state index in [1.165, 1.54) is 28.0 Å². The number of fused-ring (bicyclic) bond motifs is 2. The number of carboxylic acids is 1. The first-order valence-corrected chi connectivity index (χ1v) is 8.24. The number of aliphatic carboxylic acids is 1. The van der Waals surface area contributed by atoms with E-state index >= 15 is 0 Å². The van der Waals surface area contributed by atoms with Gasteiger partial charge in [0.25, 0.3) is 0 Å². The number of rotatable bonds is 2. The van der Waals surface area contributed by atoms with Crippen molar-refractivity contribution in [3.8, 4) is 0 Å². The molecular weight excluding hydrogens is 296 g/mol. The van der Waals surface area contributed by atoms with Crippen LogP contribution < -0.4 is 0 Å². The molecule has 0 amide bonds. The van der Waals surface area contributed by atoms with Crippen molar-refractivity contribution in [2.45, 2.75) is 18.8 Å². The van der Waals surface area contributed by atoms with E-state index in [0.717, 1.165) is 24.0 Å². The van der Waals surface area contributed by atoms with E-state index in [9.17, 15) is 9.90 Å². The predicted octanol–water partition coefficient (Wildman–Crippen LogP) is 5.04. The first-order chi connectivity index (χ1) is 11.7. The van der Waals surface area contributed by atoms with Gasteiger partial charge in [0.1, 0.15) is 0 Å². The first kappa shape index (κ1) is 14.7. The Bertz CT molecular complexity index is 953. The van der Waals surface area contributed by atoms with Crippen molar-refractivity contribution in [1.82, 2.24) is 0 Å². The number of aryl methyl sites for hydroxylation is 1. The number of hydrogen-bond acceptors (Lipinski definition) is 1. The Morgan fingerprint density at radius 3 is 2.54 bits per heavy atom. The zero-order valence-corrected chi connectivity index (χ0v) is 13.3. The van der Waals surface area contributed by atoms with Crippen LogP contribution in [0.3, 0.4) is 0 Å². The minimum absolute atomic E-state index is 0.126. The van der Waals surface area contributed by atoms with Gasteiger partial charge in [0.05, 0.1) is 0 Å². The highest BCUT2D eigenvalue weighted by molar-refractivity contribution is 5.93. The minimum Gasteiger partial charge on any atom is -0.478 e. The fourth-order valence-corrected chi connectivity index (χ4v) is 3.75. The van der Waals surface area contributed by atoms with E-state index < -0.39 is 5.97 Å². The second kappa shape index (κ2) is 5.97. The van der Waals surface area contributed by atoms with Crippen molar-refractivity contribution in [2.75, 3.05) is 0 Å². The molecule has 0 spiro atoms. The van der Waals surface area contributed by atoms with Gasteiger partial charge < -0.3 is 5.11 Å². The Labute approximate surface area is 141 Å². The van der Waals surface area contributed by atoms with Crippen LogP contribution >= 0.6 is 0 Å². The normalized spacial score (nSPS) is 18.5. The molecule has 1 aliphatic carbocycles. The van der Waals surface area contributed by atoms with Crippen molar-refractivity contribution in [2.24, 2.45) is 0 Å². The monoisotopic (exact) mass is 314 g/mol. The van der Waals surface area contributed by atoms with E-state index in [4.69, 9.17) is 0 Å². The van der Waals surface area contributed by atoms with E-state index in [0.29, 0.717) is 0 Å². The van der Waals surface area contributed by atoms with Gasteiger partial charge in [-0.25, -0.2) is 4.79 Å². The third kappa shape index (κ3) is 2.61. The summed E-state index contributed by atoms with van der Waals surface area (Å²) in [5, 5.41) is 11.8. The molecule has 0 saturated carbocycles. The number of hydrogen-bond donors (Lipinski definition) is 1. The van der Waals surface area contributed by atoms with Crippen molar-refractivity contribution in [3.63, 3.8) is 0 Å². The molecule has 0 heterocycles. The molecule has 3 aromatic rings. The summed E-state index contributed by atoms with van der Waals surface area (Å²) in [6, 6.07) is 22.9. The zero-order chi connectivity index (χ0) is 16.5. The highest BCUT2D eigenvalue weighted by atomic mass is 16.4. The summed E-state index contributed by atoms with van der Waals surface area (Å²) in [5.74, 6) is -0.756. The Kier molecular flexibility index (Phi) is 3.66. The van der Waals surface area contributed by atoms with Crippen LogP contribution in [0, 0.1) is 0 Å². The highest BCUT2D eigenvalue weighted by Gasteiger charge is 2.25. The molecule has 4 rings (SSSR count). The molecule has 1 N–H and O–H groups in total. The molecule has 1 aliphatic rings. The Hall–Kier alpha value is -2.87. The van der Waals surface area contributed by atoms with Gasteiger partial charge in [-0.15, -0.1) is 0 Å². The Morgan fingerprint density at radius 2 is 1.71 bits per heavy atom. The molecule has 2 nitrogen and oxygen atoms in total. The van der Waals surface area contributed by atoms with Crippen LogP contribution in [-0.2, 0) is 11.2 Å². The molecule has 0 unspecified atom stereocenters. The van der Waals surface area contributed by atoms with Gasteiger partial charge >= 0.3 is 5.97 Å². The van der Waals surface area contributed by atoms with Crippen LogP contribution in [0.2, 0.25) is 0 Å². The van der Waals surface area contributed by atoms with E-state index in [1.807, 2.05) is 30.3 Å². The molecular formula is C22H18O2. The standard InChI is InChI=1S/C22H18O2/c23-22(24)14-21-19-8-4-3-6-16(19)11-12-20(21)18-10-9-15-5-1-2-7-17(15)13-18/h1-10,13-14,20H,11-12H2,(H,23,24)/b21-14-/t20-/m1/s1. The molecule has 0 aliphatic heterocycles. The average molecular weight is 314 g/mol.